The highest BCUT2D eigenvalue weighted by molar-refractivity contribution is 5.89. The molecule has 0 aromatic heterocycles. The number of aliphatic hydroxyl groups is 1. The summed E-state index contributed by atoms with van der Waals surface area (Å²) in [6.07, 6.45) is 4.84. The van der Waals surface area contributed by atoms with Crippen LogP contribution < -0.4 is 5.32 Å². The third kappa shape index (κ3) is 5.72. The molecule has 1 aliphatic heterocycles. The molecule has 1 aliphatic carbocycles. The highest BCUT2D eigenvalue weighted by Crippen LogP contribution is 2.42. The first-order valence-corrected chi connectivity index (χ1v) is 12.6. The molecule has 2 aromatic carbocycles. The Kier molecular flexibility index (Phi) is 7.17. The summed E-state index contributed by atoms with van der Waals surface area (Å²) in [5, 5.41) is 16.7. The second kappa shape index (κ2) is 9.95. The average molecular weight is 467 g/mol. The van der Waals surface area contributed by atoms with Crippen LogP contribution in [0.5, 0.6) is 0 Å². The van der Waals surface area contributed by atoms with E-state index in [1.54, 1.807) is 0 Å². The van der Waals surface area contributed by atoms with E-state index >= 15 is 0 Å². The summed E-state index contributed by atoms with van der Waals surface area (Å²) in [4.78, 5) is 27.9. The minimum absolute atomic E-state index is 0.0164. The van der Waals surface area contributed by atoms with Gasteiger partial charge in [0.25, 0.3) is 0 Å². The van der Waals surface area contributed by atoms with Crippen molar-refractivity contribution in [1.29, 1.82) is 0 Å². The molecular formula is C28H38N2O4. The average Bonchev–Trinajstić information content (AvgIpc) is 2.78. The molecule has 2 amide bonds. The number of carbonyl (C=O) groups is 2. The second-order valence-electron chi connectivity index (χ2n) is 11.0. The number of rotatable bonds is 4. The Morgan fingerprint density at radius 2 is 1.68 bits per heavy atom. The van der Waals surface area contributed by atoms with Gasteiger partial charge in [-0.2, -0.15) is 0 Å². The normalized spacial score (nSPS) is 20.1. The second-order valence-corrected chi connectivity index (χ2v) is 11.0. The van der Waals surface area contributed by atoms with Crippen LogP contribution in [0.15, 0.2) is 42.5 Å². The van der Waals surface area contributed by atoms with E-state index in [1.807, 2.05) is 49.9 Å². The van der Waals surface area contributed by atoms with E-state index in [9.17, 15) is 14.7 Å². The van der Waals surface area contributed by atoms with Crippen LogP contribution in [-0.2, 0) is 9.53 Å². The standard InChI is InChI=1S/C28H38N2O4/c1-27(2,3)29-26(32)34-23-13-17-30(18-14-23)25(31)24(28(33)15-7-4-8-16-28)22-12-11-20-9-5-6-10-21(20)19-22/h5-6,9-12,19,23-24,33H,4,7-8,13-18H2,1-3H3,(H,29,32). The van der Waals surface area contributed by atoms with E-state index in [4.69, 9.17) is 4.74 Å². The fraction of sp³-hybridized carbons (Fsp3) is 0.571. The lowest BCUT2D eigenvalue weighted by Gasteiger charge is -2.42. The zero-order chi connectivity index (χ0) is 24.3. The lowest BCUT2D eigenvalue weighted by molar-refractivity contribution is -0.143. The SMILES string of the molecule is CC(C)(C)NC(=O)OC1CCN(C(=O)C(c2ccc3ccccc3c2)C2(O)CCCCC2)CC1. The number of hydrogen-bond donors (Lipinski definition) is 2. The van der Waals surface area contributed by atoms with Crippen LogP contribution in [0.25, 0.3) is 10.8 Å². The van der Waals surface area contributed by atoms with Crippen molar-refractivity contribution in [2.45, 2.75) is 88.9 Å². The molecule has 2 aliphatic rings. The van der Waals surface area contributed by atoms with Crippen LogP contribution in [0, 0.1) is 0 Å². The van der Waals surface area contributed by atoms with Gasteiger partial charge in [-0.05, 0) is 49.9 Å². The Labute approximate surface area is 202 Å². The van der Waals surface area contributed by atoms with E-state index in [0.717, 1.165) is 35.6 Å². The number of likely N-dealkylation sites (tertiary alicyclic amines) is 1. The molecule has 184 valence electrons. The van der Waals surface area contributed by atoms with Crippen molar-refractivity contribution in [1.82, 2.24) is 10.2 Å². The first-order chi connectivity index (χ1) is 16.1. The number of amides is 2. The summed E-state index contributed by atoms with van der Waals surface area (Å²) in [6.45, 7) is 6.79. The van der Waals surface area contributed by atoms with Gasteiger partial charge >= 0.3 is 6.09 Å². The molecule has 6 heteroatoms. The Morgan fingerprint density at radius 3 is 2.32 bits per heavy atom. The van der Waals surface area contributed by atoms with Crippen LogP contribution >= 0.6 is 0 Å². The monoisotopic (exact) mass is 466 g/mol. The van der Waals surface area contributed by atoms with Crippen LogP contribution in [0.2, 0.25) is 0 Å². The third-order valence-electron chi connectivity index (χ3n) is 7.11. The van der Waals surface area contributed by atoms with E-state index in [0.29, 0.717) is 38.8 Å². The highest BCUT2D eigenvalue weighted by Gasteiger charge is 2.45. The van der Waals surface area contributed by atoms with Crippen LogP contribution in [-0.4, -0.2) is 52.3 Å². The van der Waals surface area contributed by atoms with Crippen molar-refractivity contribution < 1.29 is 19.4 Å². The number of piperidine rings is 1. The quantitative estimate of drug-likeness (QED) is 0.654. The maximum Gasteiger partial charge on any atom is 0.407 e. The molecular weight excluding hydrogens is 428 g/mol. The van der Waals surface area contributed by atoms with Gasteiger partial charge in [-0.1, -0.05) is 61.7 Å². The van der Waals surface area contributed by atoms with Crippen LogP contribution in [0.4, 0.5) is 4.79 Å². The molecule has 2 aromatic rings. The summed E-state index contributed by atoms with van der Waals surface area (Å²) in [5.41, 5.74) is -0.496. The molecule has 1 atom stereocenters. The molecule has 6 nitrogen and oxygen atoms in total. The zero-order valence-electron chi connectivity index (χ0n) is 20.7. The molecule has 1 saturated carbocycles. The van der Waals surface area contributed by atoms with Crippen molar-refractivity contribution in [2.75, 3.05) is 13.1 Å². The van der Waals surface area contributed by atoms with Crippen molar-refractivity contribution >= 4 is 22.8 Å². The molecule has 0 radical (unpaired) electrons. The van der Waals surface area contributed by atoms with Gasteiger partial charge in [-0.15, -0.1) is 0 Å². The van der Waals surface area contributed by atoms with Crippen LogP contribution in [0.3, 0.4) is 0 Å². The van der Waals surface area contributed by atoms with Gasteiger partial charge in [0.05, 0.1) is 11.5 Å². The van der Waals surface area contributed by atoms with Gasteiger partial charge in [-0.3, -0.25) is 4.79 Å². The van der Waals surface area contributed by atoms with Gasteiger partial charge in [0.1, 0.15) is 6.10 Å². The maximum absolute atomic E-state index is 13.9. The minimum atomic E-state index is -1.03. The lowest BCUT2D eigenvalue weighted by Crippen LogP contribution is -2.51. The van der Waals surface area contributed by atoms with Crippen molar-refractivity contribution in [3.63, 3.8) is 0 Å². The number of benzene rings is 2. The van der Waals surface area contributed by atoms with Gasteiger partial charge < -0.3 is 20.1 Å². The number of carbonyl (C=O) groups excluding carboxylic acids is 2. The number of nitrogens with one attached hydrogen (secondary N) is 1. The molecule has 2 N–H and O–H groups in total. The Morgan fingerprint density at radius 1 is 1.03 bits per heavy atom. The molecule has 2 fully saturated rings. The first-order valence-electron chi connectivity index (χ1n) is 12.6. The first kappa shape index (κ1) is 24.5. The summed E-state index contributed by atoms with van der Waals surface area (Å²) < 4.78 is 5.59. The predicted molar refractivity (Wildman–Crippen MR) is 134 cm³/mol. The predicted octanol–water partition coefficient (Wildman–Crippen LogP) is 5.13. The van der Waals surface area contributed by atoms with Crippen molar-refractivity contribution in [3.8, 4) is 0 Å². The summed E-state index contributed by atoms with van der Waals surface area (Å²) >= 11 is 0. The van der Waals surface area contributed by atoms with E-state index in [1.165, 1.54) is 0 Å². The topological polar surface area (TPSA) is 78.9 Å². The smallest absolute Gasteiger partial charge is 0.407 e. The maximum atomic E-state index is 13.9. The molecule has 34 heavy (non-hydrogen) atoms. The van der Waals surface area contributed by atoms with E-state index < -0.39 is 17.6 Å². The molecule has 4 rings (SSSR count). The van der Waals surface area contributed by atoms with E-state index in [2.05, 4.69) is 23.5 Å². The summed E-state index contributed by atoms with van der Waals surface area (Å²) in [5.74, 6) is -0.601. The van der Waals surface area contributed by atoms with Crippen molar-refractivity contribution in [2.24, 2.45) is 0 Å². The van der Waals surface area contributed by atoms with E-state index in [-0.39, 0.29) is 17.6 Å². The number of fused-ring (bicyclic) bond motifs is 1. The Balaban J connectivity index is 1.50. The zero-order valence-corrected chi connectivity index (χ0v) is 20.7. The molecule has 0 spiro atoms. The fourth-order valence-corrected chi connectivity index (χ4v) is 5.39. The number of alkyl carbamates (subject to hydrolysis) is 1. The van der Waals surface area contributed by atoms with Gasteiger partial charge in [0.2, 0.25) is 5.91 Å². The summed E-state index contributed by atoms with van der Waals surface area (Å²) in [6, 6.07) is 14.2. The highest BCUT2D eigenvalue weighted by atomic mass is 16.6. The summed E-state index contributed by atoms with van der Waals surface area (Å²) in [7, 11) is 0. The number of ether oxygens (including phenoxy) is 1. The lowest BCUT2D eigenvalue weighted by atomic mass is 9.71. The molecule has 1 heterocycles. The molecule has 1 saturated heterocycles. The van der Waals surface area contributed by atoms with Crippen molar-refractivity contribution in [3.05, 3.63) is 48.0 Å². The largest absolute Gasteiger partial charge is 0.446 e. The Hall–Kier alpha value is -2.60. The minimum Gasteiger partial charge on any atom is -0.446 e. The van der Waals surface area contributed by atoms with Gasteiger partial charge in [-0.25, -0.2) is 4.79 Å². The Bertz CT molecular complexity index is 1010. The van der Waals surface area contributed by atoms with Crippen LogP contribution in [0.1, 0.15) is 77.2 Å². The number of hydrogen-bond acceptors (Lipinski definition) is 4. The van der Waals surface area contributed by atoms with Gasteiger partial charge in [0.15, 0.2) is 0 Å². The molecule has 0 bridgehead atoms. The molecule has 1 unspecified atom stereocenters. The van der Waals surface area contributed by atoms with Gasteiger partial charge in [0, 0.05) is 31.5 Å². The number of nitrogens with zero attached hydrogens (tertiary/aromatic N) is 1. The third-order valence-corrected chi connectivity index (χ3v) is 7.11. The fourth-order valence-electron chi connectivity index (χ4n) is 5.39.